The summed E-state index contributed by atoms with van der Waals surface area (Å²) in [5, 5.41) is 9.68. The van der Waals surface area contributed by atoms with Gasteiger partial charge in [0.25, 0.3) is 0 Å². The molecular formula is C15H8BrClFNO. The van der Waals surface area contributed by atoms with Gasteiger partial charge in [0.1, 0.15) is 11.7 Å². The van der Waals surface area contributed by atoms with E-state index in [9.17, 15) is 14.4 Å². The Morgan fingerprint density at radius 3 is 2.70 bits per heavy atom. The smallest absolute Gasteiger partial charge is 0.185 e. The van der Waals surface area contributed by atoms with Gasteiger partial charge in [-0.2, -0.15) is 5.26 Å². The summed E-state index contributed by atoms with van der Waals surface area (Å²) in [6.07, 6.45) is 0. The van der Waals surface area contributed by atoms with Crippen molar-refractivity contribution in [3.63, 3.8) is 0 Å². The van der Waals surface area contributed by atoms with Crippen molar-refractivity contribution in [1.29, 1.82) is 5.26 Å². The number of Topliss-reactive ketones (excluding diaryl/α,β-unsaturated/α-hetero) is 1. The average Bonchev–Trinajstić information content (AvgIpc) is 2.42. The lowest BCUT2D eigenvalue weighted by Crippen LogP contribution is -2.12. The van der Waals surface area contributed by atoms with Crippen LogP contribution in [0.1, 0.15) is 21.8 Å². The lowest BCUT2D eigenvalue weighted by atomic mass is 9.92. The molecule has 0 aliphatic heterocycles. The van der Waals surface area contributed by atoms with E-state index < -0.39 is 17.5 Å². The highest BCUT2D eigenvalue weighted by Gasteiger charge is 2.24. The SMILES string of the molecule is N#CC(C(=O)c1cc(F)ccc1Br)c1cccc(Cl)c1. The minimum Gasteiger partial charge on any atom is -0.292 e. The highest BCUT2D eigenvalue weighted by molar-refractivity contribution is 9.10. The van der Waals surface area contributed by atoms with E-state index in [1.54, 1.807) is 24.3 Å². The van der Waals surface area contributed by atoms with Gasteiger partial charge in [0.15, 0.2) is 5.78 Å². The molecule has 1 atom stereocenters. The Kier molecular flexibility index (Phi) is 4.53. The third-order valence-electron chi connectivity index (χ3n) is 2.77. The zero-order chi connectivity index (χ0) is 14.7. The monoisotopic (exact) mass is 351 g/mol. The highest BCUT2D eigenvalue weighted by Crippen LogP contribution is 2.27. The Bertz CT molecular complexity index is 711. The molecule has 0 amide bonds. The first-order valence-electron chi connectivity index (χ1n) is 5.67. The normalized spacial score (nSPS) is 11.7. The molecule has 0 saturated heterocycles. The molecule has 5 heteroatoms. The summed E-state index contributed by atoms with van der Waals surface area (Å²) in [7, 11) is 0. The van der Waals surface area contributed by atoms with Gasteiger partial charge in [-0.05, 0) is 35.9 Å². The number of ketones is 1. The van der Waals surface area contributed by atoms with Crippen molar-refractivity contribution in [2.75, 3.05) is 0 Å². The van der Waals surface area contributed by atoms with Crippen LogP contribution in [0.3, 0.4) is 0 Å². The Balaban J connectivity index is 2.45. The van der Waals surface area contributed by atoms with Crippen molar-refractivity contribution in [3.8, 4) is 6.07 Å². The predicted molar refractivity (Wildman–Crippen MR) is 78.2 cm³/mol. The maximum absolute atomic E-state index is 13.3. The molecule has 0 radical (unpaired) electrons. The number of hydrogen-bond donors (Lipinski definition) is 0. The van der Waals surface area contributed by atoms with Gasteiger partial charge in [-0.25, -0.2) is 4.39 Å². The quantitative estimate of drug-likeness (QED) is 0.749. The number of carbonyl (C=O) groups excluding carboxylic acids is 1. The van der Waals surface area contributed by atoms with Gasteiger partial charge in [-0.15, -0.1) is 0 Å². The first-order chi connectivity index (χ1) is 9.52. The van der Waals surface area contributed by atoms with E-state index in [4.69, 9.17) is 11.6 Å². The summed E-state index contributed by atoms with van der Waals surface area (Å²) in [6, 6.07) is 12.2. The van der Waals surface area contributed by atoms with Gasteiger partial charge in [0.2, 0.25) is 0 Å². The molecule has 0 spiro atoms. The summed E-state index contributed by atoms with van der Waals surface area (Å²) in [5.41, 5.74) is 0.623. The molecule has 100 valence electrons. The van der Waals surface area contributed by atoms with Crippen LogP contribution < -0.4 is 0 Å². The molecule has 0 aliphatic rings. The molecule has 0 bridgehead atoms. The number of rotatable bonds is 3. The van der Waals surface area contributed by atoms with E-state index in [1.165, 1.54) is 12.1 Å². The van der Waals surface area contributed by atoms with Crippen LogP contribution in [0, 0.1) is 17.1 Å². The largest absolute Gasteiger partial charge is 0.292 e. The van der Waals surface area contributed by atoms with Crippen molar-refractivity contribution < 1.29 is 9.18 Å². The van der Waals surface area contributed by atoms with Crippen molar-refractivity contribution in [2.45, 2.75) is 5.92 Å². The molecule has 0 aromatic heterocycles. The van der Waals surface area contributed by atoms with Crippen LogP contribution in [0.4, 0.5) is 4.39 Å². The molecule has 1 unspecified atom stereocenters. The summed E-state index contributed by atoms with van der Waals surface area (Å²) < 4.78 is 13.7. The van der Waals surface area contributed by atoms with Crippen molar-refractivity contribution in [2.24, 2.45) is 0 Å². The maximum Gasteiger partial charge on any atom is 0.185 e. The fourth-order valence-electron chi connectivity index (χ4n) is 1.81. The summed E-state index contributed by atoms with van der Waals surface area (Å²) in [5.74, 6) is -2.02. The third-order valence-corrected chi connectivity index (χ3v) is 3.69. The number of nitrogens with zero attached hydrogens (tertiary/aromatic N) is 1. The van der Waals surface area contributed by atoms with Crippen LogP contribution >= 0.6 is 27.5 Å². The second-order valence-corrected chi connectivity index (χ2v) is 5.40. The zero-order valence-corrected chi connectivity index (χ0v) is 12.5. The molecule has 20 heavy (non-hydrogen) atoms. The van der Waals surface area contributed by atoms with Crippen LogP contribution in [-0.2, 0) is 0 Å². The molecular weight excluding hydrogens is 345 g/mol. The molecule has 2 rings (SSSR count). The predicted octanol–water partition coefficient (Wildman–Crippen LogP) is 4.73. The van der Waals surface area contributed by atoms with Gasteiger partial charge >= 0.3 is 0 Å². The maximum atomic E-state index is 13.3. The van der Waals surface area contributed by atoms with Crippen LogP contribution in [0.2, 0.25) is 5.02 Å². The van der Waals surface area contributed by atoms with Crippen molar-refractivity contribution in [1.82, 2.24) is 0 Å². The fraction of sp³-hybridized carbons (Fsp3) is 0.0667. The second-order valence-electron chi connectivity index (χ2n) is 4.11. The zero-order valence-electron chi connectivity index (χ0n) is 10.1. The molecule has 0 aliphatic carbocycles. The van der Waals surface area contributed by atoms with Crippen LogP contribution in [0.25, 0.3) is 0 Å². The molecule has 0 heterocycles. The molecule has 0 N–H and O–H groups in total. The first-order valence-corrected chi connectivity index (χ1v) is 6.84. The number of hydrogen-bond acceptors (Lipinski definition) is 2. The van der Waals surface area contributed by atoms with Crippen LogP contribution in [0.15, 0.2) is 46.9 Å². The van der Waals surface area contributed by atoms with Gasteiger partial charge in [0.05, 0.1) is 6.07 Å². The average molecular weight is 353 g/mol. The van der Waals surface area contributed by atoms with E-state index >= 15 is 0 Å². The van der Waals surface area contributed by atoms with E-state index in [2.05, 4.69) is 15.9 Å². The molecule has 2 aromatic rings. The topological polar surface area (TPSA) is 40.9 Å². The number of carbonyl (C=O) groups is 1. The van der Waals surface area contributed by atoms with Crippen molar-refractivity contribution in [3.05, 3.63) is 68.9 Å². The van der Waals surface area contributed by atoms with Gasteiger partial charge in [0, 0.05) is 15.1 Å². The number of benzene rings is 2. The molecule has 0 fully saturated rings. The minimum atomic E-state index is -1.02. The second kappa shape index (κ2) is 6.17. The minimum absolute atomic E-state index is 0.136. The molecule has 2 nitrogen and oxygen atoms in total. The standard InChI is InChI=1S/C15H8BrClFNO/c16-14-5-4-11(18)7-12(14)15(20)13(8-19)9-2-1-3-10(17)6-9/h1-7,13H. The van der Waals surface area contributed by atoms with E-state index in [-0.39, 0.29) is 5.56 Å². The van der Waals surface area contributed by atoms with Gasteiger partial charge in [-0.3, -0.25) is 4.79 Å². The molecule has 2 aromatic carbocycles. The lowest BCUT2D eigenvalue weighted by Gasteiger charge is -2.10. The van der Waals surface area contributed by atoms with E-state index in [0.29, 0.717) is 15.1 Å². The fourth-order valence-corrected chi connectivity index (χ4v) is 2.45. The first kappa shape index (κ1) is 14.7. The Morgan fingerprint density at radius 1 is 1.30 bits per heavy atom. The third kappa shape index (κ3) is 3.06. The van der Waals surface area contributed by atoms with E-state index in [1.807, 2.05) is 6.07 Å². The van der Waals surface area contributed by atoms with Gasteiger partial charge < -0.3 is 0 Å². The summed E-state index contributed by atoms with van der Waals surface area (Å²) >= 11 is 9.06. The number of halogens is 3. The summed E-state index contributed by atoms with van der Waals surface area (Å²) in [4.78, 5) is 12.4. The highest BCUT2D eigenvalue weighted by atomic mass is 79.9. The van der Waals surface area contributed by atoms with Crippen molar-refractivity contribution >= 4 is 33.3 Å². The Morgan fingerprint density at radius 2 is 2.05 bits per heavy atom. The Labute approximate surface area is 128 Å². The summed E-state index contributed by atoms with van der Waals surface area (Å²) in [6.45, 7) is 0. The van der Waals surface area contributed by atoms with Crippen LogP contribution in [0.5, 0.6) is 0 Å². The Hall–Kier alpha value is -1.70. The number of nitriles is 1. The molecule has 0 saturated carbocycles. The lowest BCUT2D eigenvalue weighted by molar-refractivity contribution is 0.0977. The van der Waals surface area contributed by atoms with Crippen LogP contribution in [-0.4, -0.2) is 5.78 Å². The van der Waals surface area contributed by atoms with E-state index in [0.717, 1.165) is 6.07 Å². The van der Waals surface area contributed by atoms with Gasteiger partial charge in [-0.1, -0.05) is 39.7 Å².